The molecule has 0 spiro atoms. The average molecular weight is 244 g/mol. The van der Waals surface area contributed by atoms with E-state index >= 15 is 0 Å². The molecule has 0 heterocycles. The second-order valence-electron chi connectivity index (χ2n) is 4.23. The predicted molar refractivity (Wildman–Crippen MR) is 67.8 cm³/mol. The Morgan fingerprint density at radius 2 is 1.72 bits per heavy atom. The lowest BCUT2D eigenvalue weighted by Gasteiger charge is -2.09. The average Bonchev–Trinajstić information content (AvgIpc) is 2.30. The Morgan fingerprint density at radius 3 is 2.33 bits per heavy atom. The topological polar surface area (TPSA) is 26.3 Å². The first-order chi connectivity index (χ1) is 8.58. The van der Waals surface area contributed by atoms with Crippen molar-refractivity contribution in [2.75, 3.05) is 0 Å². The number of benzene rings is 2. The van der Waals surface area contributed by atoms with Gasteiger partial charge < -0.3 is 4.74 Å². The van der Waals surface area contributed by atoms with Gasteiger partial charge in [0.25, 0.3) is 0 Å². The first-order valence-electron chi connectivity index (χ1n) is 5.59. The number of aldehydes is 1. The van der Waals surface area contributed by atoms with Gasteiger partial charge in [0.05, 0.1) is 5.56 Å². The molecule has 18 heavy (non-hydrogen) atoms. The standard InChI is InChI=1S/C15H13FO2/c1-10-5-11(2)7-14(6-10)18-15-4-3-13(16)8-12(15)9-17/h3-9H,1-2H3. The normalized spacial score (nSPS) is 10.2. The summed E-state index contributed by atoms with van der Waals surface area (Å²) in [6, 6.07) is 9.64. The lowest BCUT2D eigenvalue weighted by atomic mass is 10.1. The number of aryl methyl sites for hydroxylation is 2. The fraction of sp³-hybridized carbons (Fsp3) is 0.133. The Labute approximate surface area is 105 Å². The molecule has 0 atom stereocenters. The van der Waals surface area contributed by atoms with E-state index in [1.165, 1.54) is 12.1 Å². The van der Waals surface area contributed by atoms with Crippen LogP contribution in [0.4, 0.5) is 4.39 Å². The van der Waals surface area contributed by atoms with Crippen molar-refractivity contribution < 1.29 is 13.9 Å². The molecule has 0 saturated carbocycles. The van der Waals surface area contributed by atoms with Crippen molar-refractivity contribution in [2.45, 2.75) is 13.8 Å². The molecule has 0 aliphatic rings. The van der Waals surface area contributed by atoms with Crippen molar-refractivity contribution in [1.29, 1.82) is 0 Å². The van der Waals surface area contributed by atoms with Gasteiger partial charge in [0, 0.05) is 0 Å². The molecule has 2 aromatic carbocycles. The Balaban J connectivity index is 2.36. The smallest absolute Gasteiger partial charge is 0.153 e. The lowest BCUT2D eigenvalue weighted by Crippen LogP contribution is -1.92. The van der Waals surface area contributed by atoms with E-state index in [1.54, 1.807) is 0 Å². The van der Waals surface area contributed by atoms with Crippen LogP contribution < -0.4 is 4.74 Å². The summed E-state index contributed by atoms with van der Waals surface area (Å²) in [5, 5.41) is 0. The molecule has 0 aromatic heterocycles. The van der Waals surface area contributed by atoms with Gasteiger partial charge in [-0.25, -0.2) is 4.39 Å². The van der Waals surface area contributed by atoms with Crippen LogP contribution in [0.2, 0.25) is 0 Å². The van der Waals surface area contributed by atoms with E-state index < -0.39 is 5.82 Å². The summed E-state index contributed by atoms with van der Waals surface area (Å²) in [7, 11) is 0. The van der Waals surface area contributed by atoms with E-state index in [0.717, 1.165) is 17.2 Å². The molecular formula is C15H13FO2. The fourth-order valence-corrected chi connectivity index (χ4v) is 1.82. The number of halogens is 1. The first kappa shape index (κ1) is 12.3. The van der Waals surface area contributed by atoms with Crippen LogP contribution in [0.1, 0.15) is 21.5 Å². The van der Waals surface area contributed by atoms with Crippen molar-refractivity contribution in [2.24, 2.45) is 0 Å². The minimum absolute atomic E-state index is 0.203. The van der Waals surface area contributed by atoms with Gasteiger partial charge in [-0.15, -0.1) is 0 Å². The van der Waals surface area contributed by atoms with Gasteiger partial charge in [0.2, 0.25) is 0 Å². The molecule has 92 valence electrons. The number of carbonyl (C=O) groups is 1. The first-order valence-corrected chi connectivity index (χ1v) is 5.59. The third-order valence-corrected chi connectivity index (χ3v) is 2.52. The fourth-order valence-electron chi connectivity index (χ4n) is 1.82. The highest BCUT2D eigenvalue weighted by atomic mass is 19.1. The largest absolute Gasteiger partial charge is 0.457 e. The molecule has 0 unspecified atom stereocenters. The van der Waals surface area contributed by atoms with E-state index in [9.17, 15) is 9.18 Å². The molecule has 0 saturated heterocycles. The molecular weight excluding hydrogens is 231 g/mol. The highest BCUT2D eigenvalue weighted by molar-refractivity contribution is 5.79. The number of carbonyl (C=O) groups excluding carboxylic acids is 1. The zero-order valence-electron chi connectivity index (χ0n) is 10.2. The Bertz CT molecular complexity index is 571. The van der Waals surface area contributed by atoms with Gasteiger partial charge in [-0.1, -0.05) is 6.07 Å². The highest BCUT2D eigenvalue weighted by Crippen LogP contribution is 2.26. The number of hydrogen-bond acceptors (Lipinski definition) is 2. The maximum atomic E-state index is 13.0. The number of rotatable bonds is 3. The van der Waals surface area contributed by atoms with Crippen LogP contribution in [0.25, 0.3) is 0 Å². The number of hydrogen-bond donors (Lipinski definition) is 0. The second kappa shape index (κ2) is 5.00. The maximum absolute atomic E-state index is 13.0. The third-order valence-electron chi connectivity index (χ3n) is 2.52. The van der Waals surface area contributed by atoms with E-state index in [2.05, 4.69) is 0 Å². The van der Waals surface area contributed by atoms with Gasteiger partial charge in [0.1, 0.15) is 17.3 Å². The van der Waals surface area contributed by atoms with Crippen LogP contribution in [0, 0.1) is 19.7 Å². The zero-order chi connectivity index (χ0) is 13.1. The predicted octanol–water partition coefficient (Wildman–Crippen LogP) is 4.05. The minimum atomic E-state index is -0.454. The van der Waals surface area contributed by atoms with Crippen molar-refractivity contribution in [1.82, 2.24) is 0 Å². The lowest BCUT2D eigenvalue weighted by molar-refractivity contribution is 0.112. The van der Waals surface area contributed by atoms with Crippen LogP contribution in [0.3, 0.4) is 0 Å². The van der Waals surface area contributed by atoms with Crippen molar-refractivity contribution in [3.63, 3.8) is 0 Å². The van der Waals surface area contributed by atoms with Crippen LogP contribution in [-0.4, -0.2) is 6.29 Å². The molecule has 0 amide bonds. The van der Waals surface area contributed by atoms with Crippen molar-refractivity contribution >= 4 is 6.29 Å². The summed E-state index contributed by atoms with van der Waals surface area (Å²) in [4.78, 5) is 10.9. The van der Waals surface area contributed by atoms with Gasteiger partial charge in [-0.05, 0) is 55.3 Å². The van der Waals surface area contributed by atoms with Crippen molar-refractivity contribution in [3.8, 4) is 11.5 Å². The SMILES string of the molecule is Cc1cc(C)cc(Oc2ccc(F)cc2C=O)c1. The third kappa shape index (κ3) is 2.74. The summed E-state index contributed by atoms with van der Waals surface area (Å²) in [6.45, 7) is 3.93. The van der Waals surface area contributed by atoms with Crippen molar-refractivity contribution in [3.05, 3.63) is 58.9 Å². The summed E-state index contributed by atoms with van der Waals surface area (Å²) in [6.07, 6.45) is 0.584. The van der Waals surface area contributed by atoms with E-state index in [-0.39, 0.29) is 5.56 Å². The van der Waals surface area contributed by atoms with Crippen LogP contribution in [0.15, 0.2) is 36.4 Å². The molecule has 0 radical (unpaired) electrons. The minimum Gasteiger partial charge on any atom is -0.457 e. The zero-order valence-corrected chi connectivity index (χ0v) is 10.2. The van der Waals surface area contributed by atoms with Crippen LogP contribution in [0.5, 0.6) is 11.5 Å². The number of ether oxygens (including phenoxy) is 1. The van der Waals surface area contributed by atoms with Gasteiger partial charge in [0.15, 0.2) is 6.29 Å². The monoisotopic (exact) mass is 244 g/mol. The molecule has 0 N–H and O–H groups in total. The van der Waals surface area contributed by atoms with Gasteiger partial charge in [-0.2, -0.15) is 0 Å². The van der Waals surface area contributed by atoms with Crippen LogP contribution in [-0.2, 0) is 0 Å². The van der Waals surface area contributed by atoms with E-state index in [4.69, 9.17) is 4.74 Å². The Hall–Kier alpha value is -2.16. The Kier molecular flexibility index (Phi) is 3.42. The molecule has 0 fully saturated rings. The summed E-state index contributed by atoms with van der Waals surface area (Å²) < 4.78 is 18.6. The molecule has 2 nitrogen and oxygen atoms in total. The van der Waals surface area contributed by atoms with E-state index in [0.29, 0.717) is 17.8 Å². The Morgan fingerprint density at radius 1 is 1.06 bits per heavy atom. The molecule has 0 bridgehead atoms. The molecule has 2 rings (SSSR count). The molecule has 3 heteroatoms. The second-order valence-corrected chi connectivity index (χ2v) is 4.23. The van der Waals surface area contributed by atoms with Crippen LogP contribution >= 0.6 is 0 Å². The van der Waals surface area contributed by atoms with Gasteiger partial charge >= 0.3 is 0 Å². The molecule has 0 aliphatic heterocycles. The summed E-state index contributed by atoms with van der Waals surface area (Å²) >= 11 is 0. The van der Waals surface area contributed by atoms with E-state index in [1.807, 2.05) is 32.0 Å². The van der Waals surface area contributed by atoms with Gasteiger partial charge in [-0.3, -0.25) is 4.79 Å². The summed E-state index contributed by atoms with van der Waals surface area (Å²) in [5.74, 6) is 0.545. The quantitative estimate of drug-likeness (QED) is 0.761. The molecule has 0 aliphatic carbocycles. The molecule has 2 aromatic rings. The maximum Gasteiger partial charge on any atom is 0.153 e. The summed E-state index contributed by atoms with van der Waals surface area (Å²) in [5.41, 5.74) is 2.34. The highest BCUT2D eigenvalue weighted by Gasteiger charge is 2.06.